The van der Waals surface area contributed by atoms with Gasteiger partial charge in [-0.2, -0.15) is 0 Å². The van der Waals surface area contributed by atoms with Crippen LogP contribution in [0.4, 0.5) is 0 Å². The Balaban J connectivity index is 1.62. The van der Waals surface area contributed by atoms with Crippen LogP contribution in [0.1, 0.15) is 18.4 Å². The molecule has 1 aromatic heterocycles. The van der Waals surface area contributed by atoms with Crippen LogP contribution in [-0.2, 0) is 4.79 Å². The van der Waals surface area contributed by atoms with Crippen LogP contribution < -0.4 is 4.74 Å². The predicted molar refractivity (Wildman–Crippen MR) is 80.9 cm³/mol. The van der Waals surface area contributed by atoms with Gasteiger partial charge in [-0.3, -0.25) is 9.79 Å². The summed E-state index contributed by atoms with van der Waals surface area (Å²) in [7, 11) is 2.13. The van der Waals surface area contributed by atoms with Crippen molar-refractivity contribution in [2.24, 2.45) is 4.99 Å². The molecule has 1 saturated heterocycles. The maximum atomic E-state index is 11.1. The maximum absolute atomic E-state index is 11.1. The van der Waals surface area contributed by atoms with E-state index in [1.165, 1.54) is 0 Å². The number of piperidine rings is 1. The van der Waals surface area contributed by atoms with Crippen molar-refractivity contribution in [3.63, 3.8) is 0 Å². The van der Waals surface area contributed by atoms with Crippen LogP contribution >= 0.6 is 0 Å². The lowest BCUT2D eigenvalue weighted by Gasteiger charge is -2.28. The van der Waals surface area contributed by atoms with E-state index >= 15 is 0 Å². The van der Waals surface area contributed by atoms with Gasteiger partial charge in [-0.05, 0) is 38.1 Å². The molecule has 0 bridgehead atoms. The van der Waals surface area contributed by atoms with Crippen LogP contribution in [0.25, 0.3) is 0 Å². The van der Waals surface area contributed by atoms with Crippen molar-refractivity contribution in [2.75, 3.05) is 26.7 Å². The normalized spacial score (nSPS) is 20.4. The smallest absolute Gasteiger partial charge is 0.213 e. The van der Waals surface area contributed by atoms with Gasteiger partial charge in [0.15, 0.2) is 5.78 Å². The Bertz CT molecular complexity index is 570. The average molecular weight is 285 g/mol. The van der Waals surface area contributed by atoms with Gasteiger partial charge in [0.05, 0.1) is 5.71 Å². The lowest BCUT2D eigenvalue weighted by molar-refractivity contribution is -0.113. The number of ketones is 1. The summed E-state index contributed by atoms with van der Waals surface area (Å²) in [6.45, 7) is 2.36. The second-order valence-corrected chi connectivity index (χ2v) is 5.51. The first-order valence-electron chi connectivity index (χ1n) is 7.28. The van der Waals surface area contributed by atoms with Crippen LogP contribution in [0.5, 0.6) is 5.88 Å². The SMILES string of the molecule is CN1CCC(Oc2ccc(C3=NCC(=O)C=C3)cn2)CC1. The summed E-state index contributed by atoms with van der Waals surface area (Å²) < 4.78 is 5.91. The Morgan fingerprint density at radius 1 is 1.24 bits per heavy atom. The summed E-state index contributed by atoms with van der Waals surface area (Å²) in [5.41, 5.74) is 1.71. The van der Waals surface area contributed by atoms with Gasteiger partial charge in [-0.1, -0.05) is 0 Å². The summed E-state index contributed by atoms with van der Waals surface area (Å²) in [6, 6.07) is 3.82. The highest BCUT2D eigenvalue weighted by Gasteiger charge is 2.18. The molecule has 0 radical (unpaired) electrons. The molecule has 0 aliphatic carbocycles. The van der Waals surface area contributed by atoms with Crippen LogP contribution in [0, 0.1) is 0 Å². The monoisotopic (exact) mass is 285 g/mol. The third-order valence-electron chi connectivity index (χ3n) is 3.82. The molecule has 3 rings (SSSR count). The molecule has 0 spiro atoms. The molecule has 3 heterocycles. The maximum Gasteiger partial charge on any atom is 0.213 e. The number of aliphatic imine (C=N–C) groups is 1. The fourth-order valence-corrected chi connectivity index (χ4v) is 2.50. The highest BCUT2D eigenvalue weighted by molar-refractivity contribution is 6.14. The zero-order valence-electron chi connectivity index (χ0n) is 12.2. The number of dihydropyridines is 1. The van der Waals surface area contributed by atoms with Crippen LogP contribution in [0.15, 0.2) is 35.5 Å². The molecule has 0 atom stereocenters. The van der Waals surface area contributed by atoms with Crippen molar-refractivity contribution in [2.45, 2.75) is 18.9 Å². The lowest BCUT2D eigenvalue weighted by Crippen LogP contribution is -2.35. The number of hydrogen-bond acceptors (Lipinski definition) is 5. The van der Waals surface area contributed by atoms with E-state index in [1.54, 1.807) is 18.3 Å². The number of ether oxygens (including phenoxy) is 1. The summed E-state index contributed by atoms with van der Waals surface area (Å²) in [6.07, 6.45) is 7.38. The molecule has 5 nitrogen and oxygen atoms in total. The highest BCUT2D eigenvalue weighted by atomic mass is 16.5. The topological polar surface area (TPSA) is 54.8 Å². The second kappa shape index (κ2) is 6.18. The Kier molecular flexibility index (Phi) is 4.10. The van der Waals surface area contributed by atoms with Gasteiger partial charge in [-0.25, -0.2) is 4.98 Å². The fraction of sp³-hybridized carbons (Fsp3) is 0.438. The summed E-state index contributed by atoms with van der Waals surface area (Å²) in [4.78, 5) is 22.0. The van der Waals surface area contributed by atoms with Crippen molar-refractivity contribution in [3.05, 3.63) is 36.0 Å². The number of aromatic nitrogens is 1. The van der Waals surface area contributed by atoms with E-state index in [2.05, 4.69) is 21.9 Å². The molecule has 0 amide bonds. The summed E-state index contributed by atoms with van der Waals surface area (Å²) >= 11 is 0. The summed E-state index contributed by atoms with van der Waals surface area (Å²) in [5, 5.41) is 0. The van der Waals surface area contributed by atoms with E-state index in [1.807, 2.05) is 12.1 Å². The molecular formula is C16H19N3O2. The first-order chi connectivity index (χ1) is 10.2. The standard InChI is InChI=1S/C16H19N3O2/c1-19-8-6-14(7-9-19)21-16-5-2-12(10-18-16)15-4-3-13(20)11-17-15/h2-5,10,14H,6-9,11H2,1H3. The van der Waals surface area contributed by atoms with Crippen molar-refractivity contribution in [1.82, 2.24) is 9.88 Å². The van der Waals surface area contributed by atoms with Crippen molar-refractivity contribution in [3.8, 4) is 5.88 Å². The third kappa shape index (κ3) is 3.55. The van der Waals surface area contributed by atoms with Gasteiger partial charge in [0.1, 0.15) is 12.6 Å². The number of allylic oxidation sites excluding steroid dienone is 1. The number of nitrogens with zero attached hydrogens (tertiary/aromatic N) is 3. The van der Waals surface area contributed by atoms with Gasteiger partial charge >= 0.3 is 0 Å². The van der Waals surface area contributed by atoms with Gasteiger partial charge in [0, 0.05) is 30.9 Å². The first-order valence-corrected chi connectivity index (χ1v) is 7.28. The van der Waals surface area contributed by atoms with E-state index in [-0.39, 0.29) is 18.4 Å². The Morgan fingerprint density at radius 3 is 2.67 bits per heavy atom. The second-order valence-electron chi connectivity index (χ2n) is 5.51. The quantitative estimate of drug-likeness (QED) is 0.844. The number of hydrogen-bond donors (Lipinski definition) is 0. The number of likely N-dealkylation sites (tertiary alicyclic amines) is 1. The Labute approximate surface area is 124 Å². The van der Waals surface area contributed by atoms with E-state index in [0.29, 0.717) is 5.88 Å². The van der Waals surface area contributed by atoms with E-state index in [0.717, 1.165) is 37.2 Å². The summed E-state index contributed by atoms with van der Waals surface area (Å²) in [5.74, 6) is 0.693. The molecule has 0 saturated carbocycles. The number of pyridine rings is 1. The molecule has 0 unspecified atom stereocenters. The minimum absolute atomic E-state index is 0.0360. The van der Waals surface area contributed by atoms with Crippen molar-refractivity contribution in [1.29, 1.82) is 0 Å². The van der Waals surface area contributed by atoms with Crippen molar-refractivity contribution < 1.29 is 9.53 Å². The molecule has 110 valence electrons. The average Bonchev–Trinajstić information content (AvgIpc) is 2.51. The molecule has 1 aromatic rings. The molecular weight excluding hydrogens is 266 g/mol. The predicted octanol–water partition coefficient (Wildman–Crippen LogP) is 1.48. The van der Waals surface area contributed by atoms with E-state index in [4.69, 9.17) is 4.74 Å². The fourth-order valence-electron chi connectivity index (χ4n) is 2.50. The van der Waals surface area contributed by atoms with Gasteiger partial charge in [0.2, 0.25) is 5.88 Å². The zero-order chi connectivity index (χ0) is 14.7. The minimum atomic E-state index is 0.0360. The van der Waals surface area contributed by atoms with E-state index in [9.17, 15) is 4.79 Å². The molecule has 2 aliphatic rings. The van der Waals surface area contributed by atoms with Gasteiger partial charge < -0.3 is 9.64 Å². The van der Waals surface area contributed by atoms with Gasteiger partial charge in [0.25, 0.3) is 0 Å². The molecule has 21 heavy (non-hydrogen) atoms. The third-order valence-corrected chi connectivity index (χ3v) is 3.82. The Morgan fingerprint density at radius 2 is 2.05 bits per heavy atom. The zero-order valence-corrected chi connectivity index (χ0v) is 12.2. The first kappa shape index (κ1) is 13.9. The number of rotatable bonds is 3. The van der Waals surface area contributed by atoms with Crippen LogP contribution in [-0.4, -0.2) is 54.2 Å². The van der Waals surface area contributed by atoms with E-state index < -0.39 is 0 Å². The van der Waals surface area contributed by atoms with Crippen LogP contribution in [0.3, 0.4) is 0 Å². The lowest BCUT2D eigenvalue weighted by atomic mass is 10.1. The number of carbonyl (C=O) groups excluding carboxylic acids is 1. The molecule has 0 aromatic carbocycles. The van der Waals surface area contributed by atoms with Gasteiger partial charge in [-0.15, -0.1) is 0 Å². The largest absolute Gasteiger partial charge is 0.474 e. The highest BCUT2D eigenvalue weighted by Crippen LogP contribution is 2.17. The molecule has 2 aliphatic heterocycles. The van der Waals surface area contributed by atoms with Crippen LogP contribution in [0.2, 0.25) is 0 Å². The molecule has 0 N–H and O–H groups in total. The van der Waals surface area contributed by atoms with Crippen molar-refractivity contribution >= 4 is 11.5 Å². The number of carbonyl (C=O) groups is 1. The molecule has 5 heteroatoms. The minimum Gasteiger partial charge on any atom is -0.474 e. The molecule has 1 fully saturated rings. The Hall–Kier alpha value is -2.01.